The molecule has 1 saturated heterocycles. The summed E-state index contributed by atoms with van der Waals surface area (Å²) in [5, 5.41) is 6.33. The van der Waals surface area contributed by atoms with Gasteiger partial charge in [0.05, 0.1) is 26.3 Å². The molecule has 0 aromatic carbocycles. The van der Waals surface area contributed by atoms with Gasteiger partial charge in [0.2, 0.25) is 0 Å². The van der Waals surface area contributed by atoms with Gasteiger partial charge >= 0.3 is 0 Å². The van der Waals surface area contributed by atoms with Crippen LogP contribution >= 0.6 is 0 Å². The molecule has 0 amide bonds. The zero-order chi connectivity index (χ0) is 9.90. The normalized spacial score (nSPS) is 20.5. The van der Waals surface area contributed by atoms with E-state index in [4.69, 9.17) is 10.5 Å². The van der Waals surface area contributed by atoms with Crippen molar-refractivity contribution in [1.29, 1.82) is 0 Å². The largest absolute Gasteiger partial charge is 0.385 e. The lowest BCUT2D eigenvalue weighted by atomic mass is 9.96. The van der Waals surface area contributed by atoms with E-state index < -0.39 is 0 Å². The minimum absolute atomic E-state index is 0.0433. The van der Waals surface area contributed by atoms with Crippen molar-refractivity contribution in [2.45, 2.75) is 20.8 Å². The number of nitrogens with zero attached hydrogens (tertiary/aromatic N) is 2. The van der Waals surface area contributed by atoms with E-state index in [2.05, 4.69) is 25.9 Å². The molecule has 0 aliphatic carbocycles. The molecular formula is C9H19N3O. The topological polar surface area (TPSA) is 50.8 Å². The fourth-order valence-electron chi connectivity index (χ4n) is 0.956. The Morgan fingerprint density at radius 3 is 2.31 bits per heavy atom. The summed E-state index contributed by atoms with van der Waals surface area (Å²) >= 11 is 0. The molecule has 0 unspecified atom stereocenters. The number of morpholine rings is 1. The van der Waals surface area contributed by atoms with E-state index >= 15 is 0 Å². The summed E-state index contributed by atoms with van der Waals surface area (Å²) in [4.78, 5) is 0. The first-order valence-corrected chi connectivity index (χ1v) is 4.67. The number of amidine groups is 1. The minimum atomic E-state index is -0.0433. The van der Waals surface area contributed by atoms with Gasteiger partial charge in [0.25, 0.3) is 0 Å². The Kier molecular flexibility index (Phi) is 3.14. The van der Waals surface area contributed by atoms with Crippen LogP contribution in [0.1, 0.15) is 20.8 Å². The summed E-state index contributed by atoms with van der Waals surface area (Å²) in [5.74, 6) is 0.689. The molecule has 0 atom stereocenters. The molecule has 1 aliphatic rings. The monoisotopic (exact) mass is 185 g/mol. The highest BCUT2D eigenvalue weighted by atomic mass is 16.5. The van der Waals surface area contributed by atoms with Crippen LogP contribution in [0.5, 0.6) is 0 Å². The Hall–Kier alpha value is -0.770. The van der Waals surface area contributed by atoms with E-state index in [1.54, 1.807) is 0 Å². The first-order chi connectivity index (χ1) is 6.00. The zero-order valence-electron chi connectivity index (χ0n) is 8.71. The van der Waals surface area contributed by atoms with Gasteiger partial charge in [-0.15, -0.1) is 0 Å². The number of hydrogen-bond acceptors (Lipinski definition) is 3. The van der Waals surface area contributed by atoms with Gasteiger partial charge in [-0.05, 0) is 0 Å². The van der Waals surface area contributed by atoms with Crippen molar-refractivity contribution in [3.63, 3.8) is 0 Å². The Morgan fingerprint density at radius 1 is 1.31 bits per heavy atom. The average Bonchev–Trinajstić information content (AvgIpc) is 2.04. The molecule has 1 heterocycles. The summed E-state index contributed by atoms with van der Waals surface area (Å²) < 4.78 is 5.22. The maximum Gasteiger partial charge on any atom is 0.125 e. The molecule has 2 N–H and O–H groups in total. The quantitative estimate of drug-likeness (QED) is 0.481. The first kappa shape index (κ1) is 10.3. The lowest BCUT2D eigenvalue weighted by Gasteiger charge is -2.27. The molecule has 4 heteroatoms. The van der Waals surface area contributed by atoms with Gasteiger partial charge in [-0.1, -0.05) is 20.8 Å². The summed E-state index contributed by atoms with van der Waals surface area (Å²) in [6, 6.07) is 0. The minimum Gasteiger partial charge on any atom is -0.385 e. The highest BCUT2D eigenvalue weighted by Crippen LogP contribution is 2.13. The zero-order valence-corrected chi connectivity index (χ0v) is 8.71. The van der Waals surface area contributed by atoms with Gasteiger partial charge in [-0.2, -0.15) is 5.10 Å². The summed E-state index contributed by atoms with van der Waals surface area (Å²) in [5.41, 5.74) is 5.81. The molecule has 1 aliphatic heterocycles. The predicted molar refractivity (Wildman–Crippen MR) is 53.5 cm³/mol. The van der Waals surface area contributed by atoms with Gasteiger partial charge in [-0.3, -0.25) is 5.01 Å². The standard InChI is InChI=1S/C9H19N3O/c1-9(2,3)8(10)11-12-4-6-13-7-5-12/h4-7H2,1-3H3,(H2,10,11). The molecule has 0 aromatic rings. The molecule has 0 saturated carbocycles. The van der Waals surface area contributed by atoms with Crippen molar-refractivity contribution in [2.75, 3.05) is 26.3 Å². The van der Waals surface area contributed by atoms with E-state index in [9.17, 15) is 0 Å². The summed E-state index contributed by atoms with van der Waals surface area (Å²) in [6.07, 6.45) is 0. The Balaban J connectivity index is 2.53. The first-order valence-electron chi connectivity index (χ1n) is 4.67. The van der Waals surface area contributed by atoms with Gasteiger partial charge in [0.15, 0.2) is 0 Å². The molecule has 13 heavy (non-hydrogen) atoms. The van der Waals surface area contributed by atoms with Gasteiger partial charge in [0, 0.05) is 5.41 Å². The Labute approximate surface area is 79.7 Å². The third kappa shape index (κ3) is 3.22. The highest BCUT2D eigenvalue weighted by Gasteiger charge is 2.17. The van der Waals surface area contributed by atoms with Crippen molar-refractivity contribution in [1.82, 2.24) is 5.01 Å². The van der Waals surface area contributed by atoms with Gasteiger partial charge in [0.1, 0.15) is 5.84 Å². The van der Waals surface area contributed by atoms with Crippen LogP contribution in [0.15, 0.2) is 5.10 Å². The second-order valence-electron chi connectivity index (χ2n) is 4.30. The van der Waals surface area contributed by atoms with Crippen LogP contribution in [0.2, 0.25) is 0 Å². The number of nitrogens with two attached hydrogens (primary N) is 1. The Morgan fingerprint density at radius 2 is 1.85 bits per heavy atom. The third-order valence-corrected chi connectivity index (χ3v) is 2.01. The second-order valence-corrected chi connectivity index (χ2v) is 4.30. The summed E-state index contributed by atoms with van der Waals surface area (Å²) in [6.45, 7) is 9.38. The average molecular weight is 185 g/mol. The lowest BCUT2D eigenvalue weighted by molar-refractivity contribution is 0.0388. The van der Waals surface area contributed by atoms with E-state index in [0.717, 1.165) is 26.3 Å². The predicted octanol–water partition coefficient (Wildman–Crippen LogP) is 0.637. The number of rotatable bonds is 1. The van der Waals surface area contributed by atoms with Crippen molar-refractivity contribution in [2.24, 2.45) is 16.3 Å². The van der Waals surface area contributed by atoms with Crippen molar-refractivity contribution in [3.05, 3.63) is 0 Å². The smallest absolute Gasteiger partial charge is 0.125 e. The molecule has 1 fully saturated rings. The molecule has 0 aromatic heterocycles. The third-order valence-electron chi connectivity index (χ3n) is 2.01. The van der Waals surface area contributed by atoms with E-state index in [1.165, 1.54) is 0 Å². The van der Waals surface area contributed by atoms with Gasteiger partial charge < -0.3 is 10.5 Å². The Bertz CT molecular complexity index is 190. The molecule has 4 nitrogen and oxygen atoms in total. The van der Waals surface area contributed by atoms with Crippen LogP contribution in [0.25, 0.3) is 0 Å². The highest BCUT2D eigenvalue weighted by molar-refractivity contribution is 5.85. The molecule has 76 valence electrons. The second kappa shape index (κ2) is 3.96. The molecular weight excluding hydrogens is 166 g/mol. The van der Waals surface area contributed by atoms with Crippen molar-refractivity contribution >= 4 is 5.84 Å². The van der Waals surface area contributed by atoms with E-state index in [0.29, 0.717) is 5.84 Å². The van der Waals surface area contributed by atoms with Gasteiger partial charge in [-0.25, -0.2) is 0 Å². The number of ether oxygens (including phenoxy) is 1. The molecule has 0 radical (unpaired) electrons. The maximum absolute atomic E-state index is 5.85. The van der Waals surface area contributed by atoms with Crippen molar-refractivity contribution < 1.29 is 4.74 Å². The molecule has 1 rings (SSSR count). The number of hydrogen-bond donors (Lipinski definition) is 1. The SMILES string of the molecule is CC(C)(C)/C(N)=N/N1CCOCC1. The van der Waals surface area contributed by atoms with Crippen LogP contribution in [0.4, 0.5) is 0 Å². The van der Waals surface area contributed by atoms with Crippen molar-refractivity contribution in [3.8, 4) is 0 Å². The van der Waals surface area contributed by atoms with Crippen LogP contribution in [0, 0.1) is 5.41 Å². The van der Waals surface area contributed by atoms with E-state index in [-0.39, 0.29) is 5.41 Å². The van der Waals surface area contributed by atoms with Crippen LogP contribution in [-0.4, -0.2) is 37.1 Å². The summed E-state index contributed by atoms with van der Waals surface area (Å²) in [7, 11) is 0. The van der Waals surface area contributed by atoms with E-state index in [1.807, 2.05) is 5.01 Å². The fraction of sp³-hybridized carbons (Fsp3) is 0.889. The van der Waals surface area contributed by atoms with Crippen LogP contribution in [0.3, 0.4) is 0 Å². The number of hydrazone groups is 1. The fourth-order valence-corrected chi connectivity index (χ4v) is 0.956. The van der Waals surface area contributed by atoms with Crippen LogP contribution in [-0.2, 0) is 4.74 Å². The van der Waals surface area contributed by atoms with Crippen LogP contribution < -0.4 is 5.73 Å². The lowest BCUT2D eigenvalue weighted by Crippen LogP contribution is -2.37. The maximum atomic E-state index is 5.85. The molecule has 0 spiro atoms. The molecule has 0 bridgehead atoms.